The minimum absolute atomic E-state index is 0.484. The van der Waals surface area contributed by atoms with Crippen molar-refractivity contribution in [2.24, 2.45) is 0 Å². The third-order valence-electron chi connectivity index (χ3n) is 5.18. The van der Waals surface area contributed by atoms with Gasteiger partial charge in [0.2, 0.25) is 5.89 Å². The molecule has 1 fully saturated rings. The average Bonchev–Trinajstić information content (AvgIpc) is 3.24. The lowest BCUT2D eigenvalue weighted by atomic mass is 9.99. The van der Waals surface area contributed by atoms with Gasteiger partial charge in [0.1, 0.15) is 5.76 Å². The van der Waals surface area contributed by atoms with Gasteiger partial charge in [-0.25, -0.2) is 4.98 Å². The summed E-state index contributed by atoms with van der Waals surface area (Å²) in [5.41, 5.74) is 4.92. The summed E-state index contributed by atoms with van der Waals surface area (Å²) in [4.78, 5) is 7.33. The second-order valence-electron chi connectivity index (χ2n) is 6.87. The molecule has 0 N–H and O–H groups in total. The molecule has 0 amide bonds. The summed E-state index contributed by atoms with van der Waals surface area (Å²) in [5, 5.41) is 0. The number of likely N-dealkylation sites (tertiary alicyclic amines) is 1. The van der Waals surface area contributed by atoms with E-state index in [4.69, 9.17) is 9.40 Å². The first-order chi connectivity index (χ1) is 12.2. The Morgan fingerprint density at radius 3 is 2.60 bits per heavy atom. The number of hydrogen-bond donors (Lipinski definition) is 0. The fourth-order valence-electron chi connectivity index (χ4n) is 3.80. The van der Waals surface area contributed by atoms with Gasteiger partial charge in [0.05, 0.1) is 5.69 Å². The topological polar surface area (TPSA) is 29.3 Å². The molecule has 3 heteroatoms. The van der Waals surface area contributed by atoms with Crippen LogP contribution in [0, 0.1) is 13.8 Å². The van der Waals surface area contributed by atoms with E-state index in [9.17, 15) is 0 Å². The van der Waals surface area contributed by atoms with Gasteiger partial charge in [-0.3, -0.25) is 4.90 Å². The molecule has 0 unspecified atom stereocenters. The van der Waals surface area contributed by atoms with Crippen LogP contribution in [-0.4, -0.2) is 16.4 Å². The molecule has 4 rings (SSSR count). The Labute approximate surface area is 149 Å². The number of rotatable bonds is 4. The zero-order valence-electron chi connectivity index (χ0n) is 14.9. The normalized spacial score (nSPS) is 17.9. The molecule has 1 saturated heterocycles. The molecule has 0 aliphatic carbocycles. The van der Waals surface area contributed by atoms with Crippen LogP contribution in [0.4, 0.5) is 0 Å². The third-order valence-corrected chi connectivity index (χ3v) is 5.18. The monoisotopic (exact) mass is 332 g/mol. The minimum atomic E-state index is 0.484. The largest absolute Gasteiger partial charge is 0.441 e. The summed E-state index contributed by atoms with van der Waals surface area (Å²) in [5.74, 6) is 1.65. The van der Waals surface area contributed by atoms with Crippen molar-refractivity contribution in [3.8, 4) is 11.5 Å². The SMILES string of the molecule is Cc1ccccc1[C@H]1CCCN1Cc1nc(-c2ccccc2)oc1C. The van der Waals surface area contributed by atoms with Gasteiger partial charge < -0.3 is 4.42 Å². The number of nitrogens with zero attached hydrogens (tertiary/aromatic N) is 2. The van der Waals surface area contributed by atoms with E-state index in [1.807, 2.05) is 37.3 Å². The quantitative estimate of drug-likeness (QED) is 0.649. The van der Waals surface area contributed by atoms with Crippen molar-refractivity contribution >= 4 is 0 Å². The maximum absolute atomic E-state index is 5.94. The Kier molecular flexibility index (Phi) is 4.41. The number of hydrogen-bond acceptors (Lipinski definition) is 3. The molecule has 128 valence electrons. The average molecular weight is 332 g/mol. The Morgan fingerprint density at radius 2 is 1.80 bits per heavy atom. The Bertz CT molecular complexity index is 853. The summed E-state index contributed by atoms with van der Waals surface area (Å²) >= 11 is 0. The van der Waals surface area contributed by atoms with E-state index in [2.05, 4.69) is 36.1 Å². The highest BCUT2D eigenvalue weighted by Gasteiger charge is 2.28. The second kappa shape index (κ2) is 6.85. The van der Waals surface area contributed by atoms with Crippen LogP contribution in [0.15, 0.2) is 59.0 Å². The van der Waals surface area contributed by atoms with Crippen LogP contribution in [0.2, 0.25) is 0 Å². The van der Waals surface area contributed by atoms with Crippen molar-refractivity contribution < 1.29 is 4.42 Å². The van der Waals surface area contributed by atoms with E-state index in [0.717, 1.165) is 36.0 Å². The van der Waals surface area contributed by atoms with E-state index < -0.39 is 0 Å². The molecule has 25 heavy (non-hydrogen) atoms. The van der Waals surface area contributed by atoms with Gasteiger partial charge >= 0.3 is 0 Å². The molecule has 0 spiro atoms. The van der Waals surface area contributed by atoms with E-state index in [0.29, 0.717) is 6.04 Å². The predicted molar refractivity (Wildman–Crippen MR) is 100 cm³/mol. The smallest absolute Gasteiger partial charge is 0.226 e. The van der Waals surface area contributed by atoms with Gasteiger partial charge in [0, 0.05) is 18.2 Å². The first kappa shape index (κ1) is 16.1. The predicted octanol–water partition coefficient (Wildman–Crippen LogP) is 5.30. The number of oxazole rings is 1. The lowest BCUT2D eigenvalue weighted by molar-refractivity contribution is 0.244. The minimum Gasteiger partial charge on any atom is -0.441 e. The van der Waals surface area contributed by atoms with Crippen LogP contribution in [-0.2, 0) is 6.54 Å². The number of aromatic nitrogens is 1. The number of aryl methyl sites for hydroxylation is 2. The van der Waals surface area contributed by atoms with Crippen LogP contribution >= 0.6 is 0 Å². The van der Waals surface area contributed by atoms with Crippen molar-refractivity contribution in [2.75, 3.05) is 6.54 Å². The Hall–Kier alpha value is -2.39. The highest BCUT2D eigenvalue weighted by atomic mass is 16.4. The summed E-state index contributed by atoms with van der Waals surface area (Å²) in [7, 11) is 0. The van der Waals surface area contributed by atoms with Crippen LogP contribution in [0.25, 0.3) is 11.5 Å². The molecule has 1 aliphatic rings. The molecular formula is C22H24N2O. The van der Waals surface area contributed by atoms with Crippen LogP contribution in [0.5, 0.6) is 0 Å². The van der Waals surface area contributed by atoms with E-state index in [1.54, 1.807) is 0 Å². The summed E-state index contributed by atoms with van der Waals surface area (Å²) in [6.07, 6.45) is 2.45. The molecule has 2 heterocycles. The fraction of sp³-hybridized carbons (Fsp3) is 0.318. The molecule has 1 atom stereocenters. The standard InChI is InChI=1S/C22H24N2O/c1-16-9-6-7-12-19(16)21-13-8-14-24(21)15-20-17(2)25-22(23-20)18-10-4-3-5-11-18/h3-7,9-12,21H,8,13-15H2,1-2H3/t21-/m1/s1. The second-order valence-corrected chi connectivity index (χ2v) is 6.87. The van der Waals surface area contributed by atoms with Gasteiger partial charge in [0.25, 0.3) is 0 Å². The summed E-state index contributed by atoms with van der Waals surface area (Å²) in [6.45, 7) is 6.20. The van der Waals surface area contributed by atoms with Gasteiger partial charge in [-0.2, -0.15) is 0 Å². The number of benzene rings is 2. The van der Waals surface area contributed by atoms with Crippen molar-refractivity contribution in [2.45, 2.75) is 39.3 Å². The van der Waals surface area contributed by atoms with Crippen molar-refractivity contribution in [1.29, 1.82) is 0 Å². The zero-order chi connectivity index (χ0) is 17.2. The highest BCUT2D eigenvalue weighted by Crippen LogP contribution is 2.35. The fourth-order valence-corrected chi connectivity index (χ4v) is 3.80. The highest BCUT2D eigenvalue weighted by molar-refractivity contribution is 5.53. The lowest BCUT2D eigenvalue weighted by Crippen LogP contribution is -2.23. The maximum atomic E-state index is 5.94. The molecule has 0 saturated carbocycles. The third kappa shape index (κ3) is 3.24. The first-order valence-corrected chi connectivity index (χ1v) is 9.03. The van der Waals surface area contributed by atoms with Gasteiger partial charge in [-0.05, 0) is 56.5 Å². The Balaban J connectivity index is 1.58. The van der Waals surface area contributed by atoms with E-state index in [1.165, 1.54) is 24.0 Å². The zero-order valence-corrected chi connectivity index (χ0v) is 14.9. The van der Waals surface area contributed by atoms with Gasteiger partial charge in [-0.1, -0.05) is 42.5 Å². The molecule has 1 aromatic heterocycles. The van der Waals surface area contributed by atoms with Crippen LogP contribution in [0.1, 0.15) is 41.5 Å². The maximum Gasteiger partial charge on any atom is 0.226 e. The molecule has 0 bridgehead atoms. The van der Waals surface area contributed by atoms with Crippen molar-refractivity contribution in [3.63, 3.8) is 0 Å². The lowest BCUT2D eigenvalue weighted by Gasteiger charge is -2.25. The van der Waals surface area contributed by atoms with Gasteiger partial charge in [-0.15, -0.1) is 0 Å². The van der Waals surface area contributed by atoms with Crippen molar-refractivity contribution in [3.05, 3.63) is 77.2 Å². The molecule has 1 aliphatic heterocycles. The van der Waals surface area contributed by atoms with E-state index >= 15 is 0 Å². The molecule has 0 radical (unpaired) electrons. The molecule has 3 nitrogen and oxygen atoms in total. The Morgan fingerprint density at radius 1 is 1.04 bits per heavy atom. The molecular weight excluding hydrogens is 308 g/mol. The van der Waals surface area contributed by atoms with Crippen LogP contribution in [0.3, 0.4) is 0 Å². The van der Waals surface area contributed by atoms with Crippen LogP contribution < -0.4 is 0 Å². The van der Waals surface area contributed by atoms with E-state index in [-0.39, 0.29) is 0 Å². The summed E-state index contributed by atoms with van der Waals surface area (Å²) < 4.78 is 5.94. The van der Waals surface area contributed by atoms with Gasteiger partial charge in [0.15, 0.2) is 0 Å². The van der Waals surface area contributed by atoms with Crippen molar-refractivity contribution in [1.82, 2.24) is 9.88 Å². The first-order valence-electron chi connectivity index (χ1n) is 9.03. The molecule has 3 aromatic rings. The summed E-state index contributed by atoms with van der Waals surface area (Å²) in [6, 6.07) is 19.4. The molecule has 2 aromatic carbocycles.